The molecule has 0 saturated carbocycles. The Morgan fingerprint density at radius 1 is 0.941 bits per heavy atom. The predicted octanol–water partition coefficient (Wildman–Crippen LogP) is 4.85. The number of amides is 3. The smallest absolute Gasteiger partial charge is 0.335 e. The molecule has 0 unspecified atom stereocenters. The number of carbonyl (C=O) groups excluding carboxylic acids is 3. The summed E-state index contributed by atoms with van der Waals surface area (Å²) < 4.78 is 5.80. The van der Waals surface area contributed by atoms with E-state index in [1.807, 2.05) is 30.3 Å². The fraction of sp³-hybridized carbons (Fsp3) is 0.0400. The highest BCUT2D eigenvalue weighted by Gasteiger charge is 2.36. The Kier molecular flexibility index (Phi) is 6.74. The number of thioether (sulfide) groups is 1. The number of carboxylic acids is 1. The molecule has 1 aliphatic rings. The molecule has 3 amide bonds. The Labute approximate surface area is 198 Å². The summed E-state index contributed by atoms with van der Waals surface area (Å²) in [6, 6.07) is 21.9. The number of nitrogens with zero attached hydrogens (tertiary/aromatic N) is 1. The maximum atomic E-state index is 12.7. The van der Waals surface area contributed by atoms with Gasteiger partial charge in [0, 0.05) is 5.69 Å². The van der Waals surface area contributed by atoms with Crippen molar-refractivity contribution in [1.82, 2.24) is 4.90 Å². The molecular weight excluding hydrogens is 456 g/mol. The van der Waals surface area contributed by atoms with Gasteiger partial charge in [-0.25, -0.2) is 4.79 Å². The van der Waals surface area contributed by atoms with Gasteiger partial charge in [-0.05, 0) is 71.9 Å². The number of carboxylic acid groups (broad SMARTS) is 1. The van der Waals surface area contributed by atoms with Crippen molar-refractivity contribution in [2.24, 2.45) is 0 Å². The summed E-state index contributed by atoms with van der Waals surface area (Å²) in [5, 5.41) is 10.9. The summed E-state index contributed by atoms with van der Waals surface area (Å²) in [5.41, 5.74) is 1.10. The zero-order chi connectivity index (χ0) is 24.1. The average molecular weight is 474 g/mol. The van der Waals surface area contributed by atoms with Gasteiger partial charge in [-0.3, -0.25) is 19.3 Å². The van der Waals surface area contributed by atoms with Crippen molar-refractivity contribution >= 4 is 46.5 Å². The second kappa shape index (κ2) is 10.1. The average Bonchev–Trinajstić information content (AvgIpc) is 3.07. The van der Waals surface area contributed by atoms with Crippen LogP contribution in [0.4, 0.5) is 10.5 Å². The summed E-state index contributed by atoms with van der Waals surface area (Å²) in [4.78, 5) is 49.4. The maximum Gasteiger partial charge on any atom is 0.335 e. The monoisotopic (exact) mass is 474 g/mol. The number of benzene rings is 3. The van der Waals surface area contributed by atoms with Gasteiger partial charge in [-0.2, -0.15) is 0 Å². The van der Waals surface area contributed by atoms with E-state index in [0.717, 1.165) is 16.7 Å². The standard InChI is InChI=1S/C25H18N2O6S/c28-22(26-18-11-9-17(10-12-18)24(30)31)15-27-23(29)21(34-25(27)32)14-16-5-4-8-20(13-16)33-19-6-2-1-3-7-19/h1-14H,15H2,(H,26,28)(H,30,31)/b21-14+. The number of imide groups is 1. The van der Waals surface area contributed by atoms with Gasteiger partial charge in [0.25, 0.3) is 11.1 Å². The zero-order valence-corrected chi connectivity index (χ0v) is 18.5. The van der Waals surface area contributed by atoms with Crippen LogP contribution in [0.1, 0.15) is 15.9 Å². The van der Waals surface area contributed by atoms with Gasteiger partial charge in [-0.1, -0.05) is 30.3 Å². The lowest BCUT2D eigenvalue weighted by molar-refractivity contribution is -0.127. The molecule has 1 fully saturated rings. The van der Waals surface area contributed by atoms with Crippen molar-refractivity contribution in [3.05, 3.63) is 94.9 Å². The van der Waals surface area contributed by atoms with Crippen LogP contribution in [0, 0.1) is 0 Å². The summed E-state index contributed by atoms with van der Waals surface area (Å²) >= 11 is 0.752. The van der Waals surface area contributed by atoms with E-state index in [1.54, 1.807) is 30.3 Å². The number of nitrogens with one attached hydrogen (secondary N) is 1. The van der Waals surface area contributed by atoms with E-state index in [9.17, 15) is 19.2 Å². The fourth-order valence-corrected chi connectivity index (χ4v) is 3.96. The minimum absolute atomic E-state index is 0.0762. The van der Waals surface area contributed by atoms with Gasteiger partial charge < -0.3 is 15.2 Å². The Bertz CT molecular complexity index is 1290. The highest BCUT2D eigenvalue weighted by molar-refractivity contribution is 8.18. The highest BCUT2D eigenvalue weighted by Crippen LogP contribution is 2.33. The van der Waals surface area contributed by atoms with Crippen LogP contribution in [0.15, 0.2) is 83.8 Å². The van der Waals surface area contributed by atoms with Crippen LogP contribution in [0.3, 0.4) is 0 Å². The Morgan fingerprint density at radius 2 is 1.65 bits per heavy atom. The van der Waals surface area contributed by atoms with Crippen LogP contribution in [0.5, 0.6) is 11.5 Å². The fourth-order valence-electron chi connectivity index (χ4n) is 3.12. The van der Waals surface area contributed by atoms with Gasteiger partial charge in [0.1, 0.15) is 18.0 Å². The summed E-state index contributed by atoms with van der Waals surface area (Å²) in [5.74, 6) is -0.985. The van der Waals surface area contributed by atoms with Gasteiger partial charge >= 0.3 is 5.97 Å². The second-order valence-electron chi connectivity index (χ2n) is 7.19. The molecule has 34 heavy (non-hydrogen) atoms. The summed E-state index contributed by atoms with van der Waals surface area (Å²) in [6.07, 6.45) is 1.57. The molecule has 0 bridgehead atoms. The normalized spacial score (nSPS) is 14.4. The third kappa shape index (κ3) is 5.51. The molecule has 4 rings (SSSR count). The lowest BCUT2D eigenvalue weighted by Crippen LogP contribution is -2.36. The van der Waals surface area contributed by atoms with E-state index in [4.69, 9.17) is 9.84 Å². The van der Waals surface area contributed by atoms with Crippen LogP contribution in [-0.2, 0) is 9.59 Å². The first kappa shape index (κ1) is 22.8. The summed E-state index contributed by atoms with van der Waals surface area (Å²) in [6.45, 7) is -0.458. The maximum absolute atomic E-state index is 12.7. The number of aromatic carboxylic acids is 1. The van der Waals surface area contributed by atoms with Gasteiger partial charge in [0.15, 0.2) is 0 Å². The van der Waals surface area contributed by atoms with Crippen LogP contribution < -0.4 is 10.1 Å². The summed E-state index contributed by atoms with van der Waals surface area (Å²) in [7, 11) is 0. The second-order valence-corrected chi connectivity index (χ2v) is 8.18. The molecule has 1 saturated heterocycles. The molecule has 2 N–H and O–H groups in total. The first-order chi connectivity index (χ1) is 16.4. The molecule has 1 heterocycles. The number of ether oxygens (including phenoxy) is 1. The topological polar surface area (TPSA) is 113 Å². The molecule has 0 spiro atoms. The van der Waals surface area contributed by atoms with Gasteiger partial charge in [0.05, 0.1) is 10.5 Å². The molecule has 0 radical (unpaired) electrons. The zero-order valence-electron chi connectivity index (χ0n) is 17.6. The molecule has 3 aromatic carbocycles. The van der Waals surface area contributed by atoms with Crippen molar-refractivity contribution in [3.63, 3.8) is 0 Å². The van der Waals surface area contributed by atoms with Crippen LogP contribution in [0.2, 0.25) is 0 Å². The SMILES string of the molecule is O=C(CN1C(=O)S/C(=C/c2cccc(Oc3ccccc3)c2)C1=O)Nc1ccc(C(=O)O)cc1. The Hall–Kier alpha value is -4.37. The van der Waals surface area contributed by atoms with Gasteiger partial charge in [0.2, 0.25) is 5.91 Å². The minimum atomic E-state index is -1.08. The van der Waals surface area contributed by atoms with E-state index < -0.39 is 29.6 Å². The number of rotatable bonds is 7. The Balaban J connectivity index is 1.41. The highest BCUT2D eigenvalue weighted by atomic mass is 32.2. The van der Waals surface area contributed by atoms with E-state index in [2.05, 4.69) is 5.32 Å². The number of para-hydroxylation sites is 1. The molecule has 1 aliphatic heterocycles. The van der Waals surface area contributed by atoms with Crippen molar-refractivity contribution in [2.45, 2.75) is 0 Å². The molecule has 0 aromatic heterocycles. The van der Waals surface area contributed by atoms with Crippen LogP contribution in [-0.4, -0.2) is 39.6 Å². The Morgan fingerprint density at radius 3 is 2.35 bits per heavy atom. The van der Waals surface area contributed by atoms with Crippen LogP contribution in [0.25, 0.3) is 6.08 Å². The predicted molar refractivity (Wildman–Crippen MR) is 128 cm³/mol. The number of carbonyl (C=O) groups is 4. The third-order valence-electron chi connectivity index (χ3n) is 4.73. The van der Waals surface area contributed by atoms with Crippen LogP contribution >= 0.6 is 11.8 Å². The number of hydrogen-bond acceptors (Lipinski definition) is 6. The molecule has 0 aliphatic carbocycles. The van der Waals surface area contributed by atoms with E-state index in [0.29, 0.717) is 22.7 Å². The van der Waals surface area contributed by atoms with Crippen molar-refractivity contribution < 1.29 is 29.0 Å². The minimum Gasteiger partial charge on any atom is -0.478 e. The van der Waals surface area contributed by atoms with Crippen molar-refractivity contribution in [1.29, 1.82) is 0 Å². The molecular formula is C25H18N2O6S. The number of hydrogen-bond donors (Lipinski definition) is 2. The molecule has 0 atom stereocenters. The lowest BCUT2D eigenvalue weighted by atomic mass is 10.2. The molecule has 170 valence electrons. The van der Waals surface area contributed by atoms with Crippen molar-refractivity contribution in [3.8, 4) is 11.5 Å². The largest absolute Gasteiger partial charge is 0.478 e. The first-order valence-electron chi connectivity index (χ1n) is 10.1. The van der Waals surface area contributed by atoms with Gasteiger partial charge in [-0.15, -0.1) is 0 Å². The lowest BCUT2D eigenvalue weighted by Gasteiger charge is -2.12. The van der Waals surface area contributed by atoms with Crippen molar-refractivity contribution in [2.75, 3.05) is 11.9 Å². The number of anilines is 1. The van der Waals surface area contributed by atoms with E-state index in [-0.39, 0.29) is 10.5 Å². The quantitative estimate of drug-likeness (QED) is 0.471. The first-order valence-corrected chi connectivity index (χ1v) is 10.9. The molecule has 9 heteroatoms. The molecule has 3 aromatic rings. The van der Waals surface area contributed by atoms with E-state index >= 15 is 0 Å². The third-order valence-corrected chi connectivity index (χ3v) is 5.63. The molecule has 8 nitrogen and oxygen atoms in total. The van der Waals surface area contributed by atoms with E-state index in [1.165, 1.54) is 24.3 Å².